The molecule has 4 aliphatic heterocycles. The third kappa shape index (κ3) is 14.5. The summed E-state index contributed by atoms with van der Waals surface area (Å²) >= 11 is 2.09. The molecular weight excluding hydrogens is 1310 g/mol. The fourth-order valence-electron chi connectivity index (χ4n) is 11.1. The molecule has 5 N–H and O–H groups in total. The lowest BCUT2D eigenvalue weighted by Gasteiger charge is -2.27. The number of nitrogens with one attached hydrogen (secondary N) is 2. The van der Waals surface area contributed by atoms with Crippen LogP contribution in [0.3, 0.4) is 0 Å². The number of carbonyl (C=O) groups excluding carboxylic acids is 4. The molecule has 0 radical (unpaired) electrons. The van der Waals surface area contributed by atoms with Crippen LogP contribution in [0, 0.1) is 17.9 Å². The predicted molar refractivity (Wildman–Crippen MR) is 363 cm³/mol. The van der Waals surface area contributed by atoms with Gasteiger partial charge in [-0.2, -0.15) is 43.5 Å². The topological polar surface area (TPSA) is 370 Å². The fraction of sp³-hybridized carbons (Fsp3) is 0.317. The second-order valence-electron chi connectivity index (χ2n) is 21.5. The van der Waals surface area contributed by atoms with Gasteiger partial charge in [0.05, 0.1) is 83.0 Å². The van der Waals surface area contributed by atoms with Gasteiger partial charge in [-0.25, -0.2) is 14.5 Å². The Labute approximate surface area is 564 Å². The third-order valence-electron chi connectivity index (χ3n) is 15.9. The Morgan fingerprint density at radius 3 is 1.57 bits per heavy atom. The van der Waals surface area contributed by atoms with Gasteiger partial charge in [0.25, 0.3) is 21.9 Å². The summed E-state index contributed by atoms with van der Waals surface area (Å²) in [5, 5.41) is 56.7. The molecule has 11 rings (SSSR count). The first-order valence-corrected chi connectivity index (χ1v) is 33.8. The van der Waals surface area contributed by atoms with Gasteiger partial charge >= 0.3 is 11.8 Å². The highest BCUT2D eigenvalue weighted by Crippen LogP contribution is 2.42. The first kappa shape index (κ1) is 67.8. The van der Waals surface area contributed by atoms with E-state index in [9.17, 15) is 47.6 Å². The molecule has 0 aliphatic carbocycles. The molecule has 0 bridgehead atoms. The number of carbonyl (C=O) groups is 4. The molecule has 4 amide bonds. The predicted octanol–water partition coefficient (Wildman–Crippen LogP) is 9.18. The lowest BCUT2D eigenvalue weighted by atomic mass is 10.1. The lowest BCUT2D eigenvalue weighted by molar-refractivity contribution is 0.0694. The zero-order valence-corrected chi connectivity index (χ0v) is 55.3. The summed E-state index contributed by atoms with van der Waals surface area (Å²) in [4.78, 5) is 93.7. The molecule has 3 aromatic heterocycles. The molecule has 4 aromatic carbocycles. The van der Waals surface area contributed by atoms with Crippen molar-refractivity contribution in [2.45, 2.75) is 32.6 Å². The molecular formula is C63H64N20O11S3. The molecule has 4 aliphatic rings. The lowest BCUT2D eigenvalue weighted by Crippen LogP contribution is -2.36. The van der Waals surface area contributed by atoms with Crippen LogP contribution in [-0.2, 0) is 19.6 Å². The van der Waals surface area contributed by atoms with Crippen molar-refractivity contribution in [1.82, 2.24) is 34.7 Å². The summed E-state index contributed by atoms with van der Waals surface area (Å²) in [5.74, 6) is -2.71. The van der Waals surface area contributed by atoms with Crippen molar-refractivity contribution in [2.75, 3.05) is 140 Å². The Balaban J connectivity index is 0.958. The van der Waals surface area contributed by atoms with E-state index in [1.165, 1.54) is 24.3 Å². The quantitative estimate of drug-likeness (QED) is 0.0111. The van der Waals surface area contributed by atoms with Crippen LogP contribution >= 0.6 is 22.7 Å². The van der Waals surface area contributed by atoms with Crippen molar-refractivity contribution in [2.24, 2.45) is 20.5 Å². The first-order chi connectivity index (χ1) is 47.0. The average molecular weight is 1370 g/mol. The van der Waals surface area contributed by atoms with Gasteiger partial charge in [-0.05, 0) is 101 Å². The maximum absolute atomic E-state index is 13.9. The van der Waals surface area contributed by atoms with E-state index in [2.05, 4.69) is 40.6 Å². The largest absolute Gasteiger partial charge is 0.395 e. The number of aliphatic hydroxyl groups excluding tert-OH is 2. The molecule has 0 spiro atoms. The molecule has 34 heteroatoms. The van der Waals surface area contributed by atoms with E-state index in [1.54, 1.807) is 41.3 Å². The van der Waals surface area contributed by atoms with Crippen LogP contribution in [0.25, 0.3) is 17.0 Å². The maximum atomic E-state index is 13.9. The number of fused-ring (bicyclic) bond motifs is 2. The number of nitriles is 1. The second-order valence-corrected chi connectivity index (χ2v) is 24.9. The first-order valence-electron chi connectivity index (χ1n) is 30.7. The van der Waals surface area contributed by atoms with Crippen molar-refractivity contribution in [1.29, 1.82) is 5.26 Å². The van der Waals surface area contributed by atoms with E-state index in [0.717, 1.165) is 45.0 Å². The number of hydrogen-bond donors (Lipinski definition) is 5. The number of nitrogens with zero attached hydrogens (tertiary/aromatic N) is 18. The van der Waals surface area contributed by atoms with Crippen molar-refractivity contribution < 1.29 is 51.8 Å². The number of amides is 4. The van der Waals surface area contributed by atoms with Gasteiger partial charge in [-0.3, -0.25) is 14.1 Å². The van der Waals surface area contributed by atoms with Crippen LogP contribution in [0.2, 0.25) is 0 Å². The van der Waals surface area contributed by atoms with E-state index in [-0.39, 0.29) is 82.6 Å². The van der Waals surface area contributed by atoms with Crippen LogP contribution in [0.4, 0.5) is 73.9 Å². The van der Waals surface area contributed by atoms with Gasteiger partial charge < -0.3 is 59.7 Å². The number of benzene rings is 4. The minimum Gasteiger partial charge on any atom is -0.395 e. The molecule has 0 atom stereocenters. The number of rotatable bonds is 26. The van der Waals surface area contributed by atoms with Gasteiger partial charge in [0.1, 0.15) is 39.7 Å². The molecule has 7 aromatic rings. The minimum absolute atomic E-state index is 0.00321. The summed E-state index contributed by atoms with van der Waals surface area (Å²) < 4.78 is 45.9. The van der Waals surface area contributed by atoms with Crippen molar-refractivity contribution >= 4 is 142 Å². The van der Waals surface area contributed by atoms with E-state index in [4.69, 9.17) is 46.1 Å². The van der Waals surface area contributed by atoms with Gasteiger partial charge in [0, 0.05) is 76.8 Å². The van der Waals surface area contributed by atoms with Crippen molar-refractivity contribution in [3.63, 3.8) is 0 Å². The van der Waals surface area contributed by atoms with Gasteiger partial charge in [0.2, 0.25) is 33.9 Å². The number of morpholine rings is 2. The van der Waals surface area contributed by atoms with E-state index in [0.29, 0.717) is 122 Å². The van der Waals surface area contributed by atoms with E-state index >= 15 is 0 Å². The minimum atomic E-state index is -4.95. The molecule has 0 saturated carbocycles. The number of azo groups is 2. The van der Waals surface area contributed by atoms with E-state index in [1.807, 2.05) is 67.8 Å². The Bertz CT molecular complexity index is 4480. The number of imide groups is 2. The van der Waals surface area contributed by atoms with Crippen LogP contribution in [-0.4, -0.2) is 187 Å². The van der Waals surface area contributed by atoms with Gasteiger partial charge in [0.15, 0.2) is 0 Å². The highest BCUT2D eigenvalue weighted by molar-refractivity contribution is 7.86. The van der Waals surface area contributed by atoms with Crippen LogP contribution in [0.15, 0.2) is 116 Å². The Hall–Kier alpha value is -10.6. The number of hydrogen-bond acceptors (Lipinski definition) is 29. The second kappa shape index (κ2) is 30.0. The molecule has 0 unspecified atom stereocenters. The standard InChI is InChI=1S/C63H64N20O11S3/c1-6-77(7-2)38-17-19-44(73-75-62-68-53(79-23-29-93-30-24-79)48(95-62)35-40(37-64)82-57(88)43-15-12-16-50(97(90,91)92)52(43)58(82)89)46(33-38)66-59-70-60(72-61(71-59)81(21-27-84)22-28-85)67-47-34-39(78(8-3)9-4)18-20-45(47)74-76-63-69-54(80-25-31-94-32-26-80)49(96-63)36-51(65-5)83-55(86)41-13-10-11-14-42(41)56(83)87/h10-20,33-36,84-85H,6-9,21-32H2,1-4H3,(H,90,91,92)(H2,66,67,70,71,72)/b40-35+,51-36+,75-73+,76-74+. The van der Waals surface area contributed by atoms with Gasteiger partial charge in [-0.1, -0.05) is 47.4 Å². The molecule has 31 nitrogen and oxygen atoms in total. The third-order valence-corrected chi connectivity index (χ3v) is 18.5. The Morgan fingerprint density at radius 2 is 1.11 bits per heavy atom. The number of anilines is 9. The highest BCUT2D eigenvalue weighted by Gasteiger charge is 2.44. The van der Waals surface area contributed by atoms with E-state index < -0.39 is 49.9 Å². The molecule has 7 heterocycles. The summed E-state index contributed by atoms with van der Waals surface area (Å²) in [7, 11) is -4.95. The summed E-state index contributed by atoms with van der Waals surface area (Å²) in [5.41, 5.74) is 1.99. The Morgan fingerprint density at radius 1 is 0.639 bits per heavy atom. The molecule has 2 saturated heterocycles. The zero-order valence-electron chi connectivity index (χ0n) is 52.9. The maximum Gasteiger partial charge on any atom is 0.334 e. The SMILES string of the molecule is [C-]#[N+]/C(=C\c1sc(/N=N/c2ccc(N(CC)CC)cc2Nc2nc(Nc3cc(N(CC)CC)ccc3/N=N/c3nc(N4CCOCC4)c(/C=C(\C#N)N4C(=O)c5cccc(S(=O)(=O)O)c5C4=O)s3)nc(N(CCO)CCO)n2)nc1N1CCOCC1)N1C(=O)c2ccccc2C1=O. The number of aromatic nitrogens is 5. The smallest absolute Gasteiger partial charge is 0.334 e. The van der Waals surface area contributed by atoms with Crippen molar-refractivity contribution in [3.8, 4) is 6.07 Å². The summed E-state index contributed by atoms with van der Waals surface area (Å²) in [6, 6.07) is 22.7. The fourth-order valence-corrected chi connectivity index (χ4v) is 13.5. The Kier molecular flexibility index (Phi) is 21.0. The van der Waals surface area contributed by atoms with Crippen LogP contribution in [0.5, 0.6) is 0 Å². The molecule has 500 valence electrons. The number of allylic oxidation sites excluding steroid dienone is 1. The normalized spacial score (nSPS) is 15.2. The van der Waals surface area contributed by atoms with Gasteiger partial charge in [-0.15, -0.1) is 20.5 Å². The van der Waals surface area contributed by atoms with Crippen molar-refractivity contribution in [3.05, 3.63) is 134 Å². The highest BCUT2D eigenvalue weighted by atomic mass is 32.2. The summed E-state index contributed by atoms with van der Waals surface area (Å²) in [6.45, 7) is 21.3. The van der Waals surface area contributed by atoms with Crippen LogP contribution in [0.1, 0.15) is 78.9 Å². The zero-order chi connectivity index (χ0) is 68.5. The number of aliphatic hydroxyl groups is 2. The number of ether oxygens (including phenoxy) is 2. The monoisotopic (exact) mass is 1370 g/mol. The van der Waals surface area contributed by atoms with Crippen LogP contribution < -0.4 is 35.1 Å². The molecule has 2 fully saturated rings. The molecule has 97 heavy (non-hydrogen) atoms. The number of thiazole rings is 2. The summed E-state index contributed by atoms with van der Waals surface area (Å²) in [6.07, 6.45) is 2.75. The average Bonchev–Trinajstić information content (AvgIpc) is 1.61.